The topological polar surface area (TPSA) is 82.1 Å². The van der Waals surface area contributed by atoms with Crippen LogP contribution in [0.25, 0.3) is 0 Å². The van der Waals surface area contributed by atoms with Gasteiger partial charge in [0.2, 0.25) is 0 Å². The van der Waals surface area contributed by atoms with Crippen LogP contribution in [0.15, 0.2) is 29.2 Å². The minimum Gasteiger partial charge on any atom is -0.444 e. The molecule has 1 aromatic carbocycles. The molecule has 0 bridgehead atoms. The minimum atomic E-state index is -3.82. The summed E-state index contributed by atoms with van der Waals surface area (Å²) in [6.07, 6.45) is -0.0863. The molecule has 0 N–H and O–H groups in total. The Morgan fingerprint density at radius 2 is 1.92 bits per heavy atom. The highest BCUT2D eigenvalue weighted by atomic mass is 32.2. The van der Waals surface area contributed by atoms with Crippen LogP contribution < -0.4 is 0 Å². The molecule has 26 heavy (non-hydrogen) atoms. The number of benzene rings is 1. The monoisotopic (exact) mass is 385 g/mol. The molecule has 0 saturated carbocycles. The average molecular weight is 385 g/mol. The van der Waals surface area contributed by atoms with Crippen LogP contribution in [-0.2, 0) is 23.8 Å². The number of rotatable bonds is 5. The highest BCUT2D eigenvalue weighted by Gasteiger charge is 2.31. The third kappa shape index (κ3) is 5.96. The Morgan fingerprint density at radius 1 is 1.27 bits per heavy atom. The van der Waals surface area contributed by atoms with Crippen molar-refractivity contribution in [2.45, 2.75) is 50.7 Å². The van der Waals surface area contributed by atoms with E-state index in [0.29, 0.717) is 26.2 Å². The van der Waals surface area contributed by atoms with Crippen LogP contribution in [0.2, 0.25) is 0 Å². The molecule has 1 aromatic rings. The molecule has 1 aliphatic rings. The SMILES string of the molecule is Cc1ccc(S(=O)(=O)OCCC2COCCN2C(=O)OC(C)(C)C)cc1. The molecule has 0 spiro atoms. The largest absolute Gasteiger partial charge is 0.444 e. The average Bonchev–Trinajstić information content (AvgIpc) is 2.54. The van der Waals surface area contributed by atoms with Gasteiger partial charge in [0.15, 0.2) is 0 Å². The van der Waals surface area contributed by atoms with E-state index >= 15 is 0 Å². The van der Waals surface area contributed by atoms with Crippen LogP contribution >= 0.6 is 0 Å². The highest BCUT2D eigenvalue weighted by Crippen LogP contribution is 2.18. The van der Waals surface area contributed by atoms with Crippen molar-refractivity contribution in [1.29, 1.82) is 0 Å². The molecule has 1 fully saturated rings. The van der Waals surface area contributed by atoms with Crippen molar-refractivity contribution < 1.29 is 26.9 Å². The molecule has 0 radical (unpaired) electrons. The summed E-state index contributed by atoms with van der Waals surface area (Å²) < 4.78 is 40.4. The molecule has 146 valence electrons. The third-order valence-corrected chi connectivity index (χ3v) is 5.18. The van der Waals surface area contributed by atoms with Gasteiger partial charge in [-0.2, -0.15) is 8.42 Å². The van der Waals surface area contributed by atoms with Crippen molar-refractivity contribution in [3.8, 4) is 0 Å². The standard InChI is InChI=1S/C18H27NO6S/c1-14-5-7-16(8-6-14)26(21,22)24-11-9-15-13-23-12-10-19(15)17(20)25-18(2,3)4/h5-8,15H,9-13H2,1-4H3. The molecular formula is C18H27NO6S. The zero-order chi connectivity index (χ0) is 19.4. The zero-order valence-electron chi connectivity index (χ0n) is 15.7. The molecule has 0 aliphatic carbocycles. The van der Waals surface area contributed by atoms with E-state index in [0.717, 1.165) is 5.56 Å². The Bertz CT molecular complexity index is 708. The number of morpholine rings is 1. The van der Waals surface area contributed by atoms with Crippen LogP contribution in [0.3, 0.4) is 0 Å². The van der Waals surface area contributed by atoms with Crippen LogP contribution in [0.4, 0.5) is 4.79 Å². The van der Waals surface area contributed by atoms with E-state index in [9.17, 15) is 13.2 Å². The lowest BCUT2D eigenvalue weighted by Gasteiger charge is -2.36. The number of amides is 1. The lowest BCUT2D eigenvalue weighted by Crippen LogP contribution is -2.50. The van der Waals surface area contributed by atoms with Gasteiger partial charge in [-0.25, -0.2) is 4.79 Å². The molecule has 1 amide bonds. The fraction of sp³-hybridized carbons (Fsp3) is 0.611. The Labute approximate surface area is 155 Å². The van der Waals surface area contributed by atoms with Crippen molar-refractivity contribution >= 4 is 16.2 Å². The van der Waals surface area contributed by atoms with Crippen molar-refractivity contribution in [2.24, 2.45) is 0 Å². The maximum atomic E-state index is 12.3. The van der Waals surface area contributed by atoms with Gasteiger partial charge in [-0.1, -0.05) is 17.7 Å². The predicted octanol–water partition coefficient (Wildman–Crippen LogP) is 2.73. The maximum absolute atomic E-state index is 12.3. The normalized spacial score (nSPS) is 18.6. The smallest absolute Gasteiger partial charge is 0.410 e. The zero-order valence-corrected chi connectivity index (χ0v) is 16.5. The van der Waals surface area contributed by atoms with Crippen LogP contribution in [0.1, 0.15) is 32.8 Å². The van der Waals surface area contributed by atoms with E-state index in [-0.39, 0.29) is 17.5 Å². The molecule has 0 aromatic heterocycles. The summed E-state index contributed by atoms with van der Waals surface area (Å²) in [4.78, 5) is 14.0. The van der Waals surface area contributed by atoms with Gasteiger partial charge in [0.25, 0.3) is 10.1 Å². The van der Waals surface area contributed by atoms with E-state index in [2.05, 4.69) is 0 Å². The molecule has 8 heteroatoms. The number of aryl methyl sites for hydroxylation is 1. The van der Waals surface area contributed by atoms with Crippen LogP contribution in [-0.4, -0.2) is 57.4 Å². The third-order valence-electron chi connectivity index (χ3n) is 3.85. The molecule has 7 nitrogen and oxygen atoms in total. The minimum absolute atomic E-state index is 0.0382. The second-order valence-corrected chi connectivity index (χ2v) is 8.90. The van der Waals surface area contributed by atoms with E-state index in [1.807, 2.05) is 6.92 Å². The van der Waals surface area contributed by atoms with Crippen LogP contribution in [0.5, 0.6) is 0 Å². The van der Waals surface area contributed by atoms with E-state index < -0.39 is 21.8 Å². The number of nitrogens with zero attached hydrogens (tertiary/aromatic N) is 1. The molecule has 2 rings (SSSR count). The van der Waals surface area contributed by atoms with Crippen molar-refractivity contribution in [3.05, 3.63) is 29.8 Å². The van der Waals surface area contributed by atoms with Crippen molar-refractivity contribution in [3.63, 3.8) is 0 Å². The molecule has 1 aliphatic heterocycles. The van der Waals surface area contributed by atoms with Gasteiger partial charge in [0.05, 0.1) is 30.8 Å². The highest BCUT2D eigenvalue weighted by molar-refractivity contribution is 7.86. The summed E-state index contributed by atoms with van der Waals surface area (Å²) in [5.41, 5.74) is 0.377. The second-order valence-electron chi connectivity index (χ2n) is 7.28. The number of carbonyl (C=O) groups is 1. The number of carbonyl (C=O) groups excluding carboxylic acids is 1. The Kier molecular flexibility index (Phi) is 6.65. The quantitative estimate of drug-likeness (QED) is 0.725. The van der Waals surface area contributed by atoms with Gasteiger partial charge in [-0.3, -0.25) is 4.18 Å². The maximum Gasteiger partial charge on any atom is 0.410 e. The number of hydrogen-bond acceptors (Lipinski definition) is 6. The summed E-state index contributed by atoms with van der Waals surface area (Å²) >= 11 is 0. The molecule has 1 saturated heterocycles. The lowest BCUT2D eigenvalue weighted by molar-refractivity contribution is -0.0359. The van der Waals surface area contributed by atoms with Gasteiger partial charge in [-0.15, -0.1) is 0 Å². The van der Waals surface area contributed by atoms with Gasteiger partial charge < -0.3 is 14.4 Å². The Balaban J connectivity index is 1.93. The molecule has 1 unspecified atom stereocenters. The molecular weight excluding hydrogens is 358 g/mol. The first-order valence-corrected chi connectivity index (χ1v) is 10.0. The van der Waals surface area contributed by atoms with Gasteiger partial charge >= 0.3 is 6.09 Å². The first kappa shape index (κ1) is 20.7. The molecule has 1 heterocycles. The summed E-state index contributed by atoms with van der Waals surface area (Å²) in [5, 5.41) is 0. The van der Waals surface area contributed by atoms with E-state index in [4.69, 9.17) is 13.7 Å². The summed E-state index contributed by atoms with van der Waals surface area (Å²) in [6.45, 7) is 8.41. The summed E-state index contributed by atoms with van der Waals surface area (Å²) in [6, 6.07) is 6.18. The van der Waals surface area contributed by atoms with Crippen molar-refractivity contribution in [2.75, 3.05) is 26.4 Å². The number of ether oxygens (including phenoxy) is 2. The fourth-order valence-electron chi connectivity index (χ4n) is 2.52. The van der Waals surface area contributed by atoms with Gasteiger partial charge in [-0.05, 0) is 46.2 Å². The Hall–Kier alpha value is -1.64. The first-order valence-electron chi connectivity index (χ1n) is 8.62. The fourth-order valence-corrected chi connectivity index (χ4v) is 3.44. The van der Waals surface area contributed by atoms with E-state index in [1.54, 1.807) is 37.8 Å². The first-order chi connectivity index (χ1) is 12.1. The van der Waals surface area contributed by atoms with Gasteiger partial charge in [0, 0.05) is 6.54 Å². The molecule has 1 atom stereocenters. The second kappa shape index (κ2) is 8.37. The summed E-state index contributed by atoms with van der Waals surface area (Å²) in [5.74, 6) is 0. The predicted molar refractivity (Wildman–Crippen MR) is 96.5 cm³/mol. The summed E-state index contributed by atoms with van der Waals surface area (Å²) in [7, 11) is -3.82. The van der Waals surface area contributed by atoms with Gasteiger partial charge in [0.1, 0.15) is 5.60 Å². The number of hydrogen-bond donors (Lipinski definition) is 0. The van der Waals surface area contributed by atoms with E-state index in [1.165, 1.54) is 12.1 Å². The lowest BCUT2D eigenvalue weighted by atomic mass is 10.1. The van der Waals surface area contributed by atoms with Crippen molar-refractivity contribution in [1.82, 2.24) is 4.90 Å². The Morgan fingerprint density at radius 3 is 2.54 bits per heavy atom. The van der Waals surface area contributed by atoms with Crippen LogP contribution in [0, 0.1) is 6.92 Å².